The van der Waals surface area contributed by atoms with Crippen LogP contribution in [0.4, 0.5) is 0 Å². The summed E-state index contributed by atoms with van der Waals surface area (Å²) in [6, 6.07) is 0. The summed E-state index contributed by atoms with van der Waals surface area (Å²) < 4.78 is 6.12. The average molecular weight is 651 g/mol. The lowest BCUT2D eigenvalue weighted by atomic mass is 9.53. The van der Waals surface area contributed by atoms with Gasteiger partial charge in [0.1, 0.15) is 6.10 Å². The average Bonchev–Trinajstić information content (AvgIpc) is 3.51. The fraction of sp³-hybridized carbons (Fsp3) is 0.889. The predicted octanol–water partition coefficient (Wildman–Crippen LogP) is 13.7. The maximum atomic E-state index is 12.7. The minimum Gasteiger partial charge on any atom is -0.462 e. The molecule has 0 aromatic rings. The van der Waals surface area contributed by atoms with Crippen molar-refractivity contribution in [3.05, 3.63) is 24.3 Å². The first-order valence-electron chi connectivity index (χ1n) is 21.4. The second-order valence-electron chi connectivity index (χ2n) is 17.3. The molecule has 4 rings (SSSR count). The SMILES string of the molecule is CC/C=C/CC/C=C/CCCCCCCCCC(=O)OC1CCC2C(CCC3C2CCC2C(C(C)CCC(CC)C(C)C)CCC23)C1. The van der Waals surface area contributed by atoms with Crippen molar-refractivity contribution in [3.8, 4) is 0 Å². The highest BCUT2D eigenvalue weighted by Crippen LogP contribution is 2.60. The van der Waals surface area contributed by atoms with Gasteiger partial charge in [0.15, 0.2) is 0 Å². The Balaban J connectivity index is 1.06. The van der Waals surface area contributed by atoms with Crippen molar-refractivity contribution in [1.29, 1.82) is 0 Å². The zero-order chi connectivity index (χ0) is 33.4. The number of fused-ring (bicyclic) bond motifs is 5. The van der Waals surface area contributed by atoms with Crippen LogP contribution in [0.1, 0.15) is 189 Å². The fourth-order valence-corrected chi connectivity index (χ4v) is 11.4. The molecular formula is C45H78O2. The molecule has 2 heteroatoms. The number of unbranched alkanes of at least 4 members (excludes halogenated alkanes) is 8. The zero-order valence-electron chi connectivity index (χ0n) is 31.9. The topological polar surface area (TPSA) is 26.3 Å². The molecule has 0 N–H and O–H groups in total. The fourth-order valence-electron chi connectivity index (χ4n) is 11.4. The van der Waals surface area contributed by atoms with Crippen LogP contribution in [0, 0.1) is 59.2 Å². The van der Waals surface area contributed by atoms with Crippen molar-refractivity contribution in [2.45, 2.75) is 195 Å². The Morgan fingerprint density at radius 2 is 1.23 bits per heavy atom. The molecule has 2 nitrogen and oxygen atoms in total. The normalized spacial score (nSPS) is 32.0. The molecule has 270 valence electrons. The first-order chi connectivity index (χ1) is 22.9. The monoisotopic (exact) mass is 651 g/mol. The van der Waals surface area contributed by atoms with Crippen LogP contribution in [-0.2, 0) is 9.53 Å². The summed E-state index contributed by atoms with van der Waals surface area (Å²) in [6.45, 7) is 12.1. The number of rotatable bonds is 21. The third kappa shape index (κ3) is 12.1. The summed E-state index contributed by atoms with van der Waals surface area (Å²) >= 11 is 0. The summed E-state index contributed by atoms with van der Waals surface area (Å²) in [5.41, 5.74) is 0. The number of allylic oxidation sites excluding steroid dienone is 4. The Kier molecular flexibility index (Phi) is 17.5. The Morgan fingerprint density at radius 3 is 1.98 bits per heavy atom. The molecule has 0 aliphatic heterocycles. The third-order valence-corrected chi connectivity index (χ3v) is 14.1. The molecule has 4 saturated carbocycles. The molecule has 0 heterocycles. The number of hydrogen-bond acceptors (Lipinski definition) is 2. The van der Waals surface area contributed by atoms with E-state index in [1.165, 1.54) is 122 Å². The quantitative estimate of drug-likeness (QED) is 0.0702. The van der Waals surface area contributed by atoms with Crippen molar-refractivity contribution in [1.82, 2.24) is 0 Å². The second kappa shape index (κ2) is 21.2. The molecule has 0 amide bonds. The number of carbonyl (C=O) groups is 1. The van der Waals surface area contributed by atoms with Crippen LogP contribution in [-0.4, -0.2) is 12.1 Å². The van der Waals surface area contributed by atoms with Gasteiger partial charge in [0.25, 0.3) is 0 Å². The van der Waals surface area contributed by atoms with Crippen LogP contribution in [0.2, 0.25) is 0 Å². The maximum Gasteiger partial charge on any atom is 0.306 e. The van der Waals surface area contributed by atoms with E-state index >= 15 is 0 Å². The van der Waals surface area contributed by atoms with Crippen LogP contribution in [0.5, 0.6) is 0 Å². The maximum absolute atomic E-state index is 12.7. The summed E-state index contributed by atoms with van der Waals surface area (Å²) in [5.74, 6) is 9.52. The van der Waals surface area contributed by atoms with Crippen LogP contribution < -0.4 is 0 Å². The van der Waals surface area contributed by atoms with Gasteiger partial charge in [0, 0.05) is 6.42 Å². The van der Waals surface area contributed by atoms with Gasteiger partial charge >= 0.3 is 5.97 Å². The number of carbonyl (C=O) groups excluding carboxylic acids is 1. The van der Waals surface area contributed by atoms with Gasteiger partial charge in [-0.25, -0.2) is 0 Å². The first kappa shape index (κ1) is 38.7. The van der Waals surface area contributed by atoms with Crippen molar-refractivity contribution in [2.75, 3.05) is 0 Å². The molecule has 10 atom stereocenters. The van der Waals surface area contributed by atoms with Gasteiger partial charge in [-0.1, -0.05) is 104 Å². The lowest BCUT2D eigenvalue weighted by Gasteiger charge is -2.53. The zero-order valence-corrected chi connectivity index (χ0v) is 31.9. The Bertz CT molecular complexity index is 917. The van der Waals surface area contributed by atoms with E-state index in [0.29, 0.717) is 6.42 Å². The Hall–Kier alpha value is -1.05. The number of ether oxygens (including phenoxy) is 1. The van der Waals surface area contributed by atoms with E-state index in [0.717, 1.165) is 84.9 Å². The van der Waals surface area contributed by atoms with E-state index in [4.69, 9.17) is 4.74 Å². The van der Waals surface area contributed by atoms with Crippen molar-refractivity contribution >= 4 is 5.97 Å². The molecule has 0 saturated heterocycles. The first-order valence-corrected chi connectivity index (χ1v) is 21.4. The molecule has 0 aromatic heterocycles. The highest BCUT2D eigenvalue weighted by molar-refractivity contribution is 5.69. The number of esters is 1. The Labute approximate surface area is 293 Å². The van der Waals surface area contributed by atoms with Gasteiger partial charge in [0.05, 0.1) is 0 Å². The summed E-state index contributed by atoms with van der Waals surface area (Å²) in [4.78, 5) is 12.7. The molecule has 4 aliphatic carbocycles. The molecule has 47 heavy (non-hydrogen) atoms. The lowest BCUT2D eigenvalue weighted by molar-refractivity contribution is -0.154. The predicted molar refractivity (Wildman–Crippen MR) is 202 cm³/mol. The lowest BCUT2D eigenvalue weighted by Crippen LogP contribution is -2.46. The van der Waals surface area contributed by atoms with Crippen molar-refractivity contribution in [3.63, 3.8) is 0 Å². The summed E-state index contributed by atoms with van der Waals surface area (Å²) in [6.07, 6.45) is 40.4. The van der Waals surface area contributed by atoms with E-state index in [2.05, 4.69) is 58.9 Å². The van der Waals surface area contributed by atoms with Crippen molar-refractivity contribution < 1.29 is 9.53 Å². The van der Waals surface area contributed by atoms with E-state index < -0.39 is 0 Å². The van der Waals surface area contributed by atoms with E-state index in [1.54, 1.807) is 0 Å². The van der Waals surface area contributed by atoms with E-state index in [-0.39, 0.29) is 12.1 Å². The summed E-state index contributed by atoms with van der Waals surface area (Å²) in [5, 5.41) is 0. The summed E-state index contributed by atoms with van der Waals surface area (Å²) in [7, 11) is 0. The second-order valence-corrected chi connectivity index (χ2v) is 17.3. The van der Waals surface area contributed by atoms with Crippen LogP contribution in [0.25, 0.3) is 0 Å². The van der Waals surface area contributed by atoms with Crippen LogP contribution >= 0.6 is 0 Å². The Morgan fingerprint density at radius 1 is 0.638 bits per heavy atom. The van der Waals surface area contributed by atoms with Gasteiger partial charge in [-0.3, -0.25) is 4.79 Å². The highest BCUT2D eigenvalue weighted by Gasteiger charge is 2.52. The molecule has 0 spiro atoms. The largest absolute Gasteiger partial charge is 0.462 e. The molecule has 0 aromatic carbocycles. The minimum atomic E-state index is 0.0874. The molecule has 10 unspecified atom stereocenters. The highest BCUT2D eigenvalue weighted by atomic mass is 16.5. The molecule has 0 bridgehead atoms. The standard InChI is InChI=1S/C45H78O2/c1-6-8-9-10-11-12-13-14-15-16-17-18-19-20-21-22-45(46)47-38-26-28-40-37(33-38)25-27-43-42(40)32-31-41-39(29-30-44(41)43)35(5)23-24-36(7-2)34(3)4/h8-9,12-13,34-44H,6-7,10-11,14-33H2,1-5H3/b9-8+,13-12+. The van der Waals surface area contributed by atoms with Gasteiger partial charge < -0.3 is 4.74 Å². The van der Waals surface area contributed by atoms with E-state index in [9.17, 15) is 4.79 Å². The van der Waals surface area contributed by atoms with Gasteiger partial charge in [0.2, 0.25) is 0 Å². The molecule has 4 fully saturated rings. The third-order valence-electron chi connectivity index (χ3n) is 14.1. The minimum absolute atomic E-state index is 0.0874. The van der Waals surface area contributed by atoms with E-state index in [1.807, 2.05) is 0 Å². The van der Waals surface area contributed by atoms with Gasteiger partial charge in [-0.2, -0.15) is 0 Å². The number of hydrogen-bond donors (Lipinski definition) is 0. The van der Waals surface area contributed by atoms with Crippen LogP contribution in [0.15, 0.2) is 24.3 Å². The molecule has 4 aliphatic rings. The molecule has 0 radical (unpaired) electrons. The van der Waals surface area contributed by atoms with Crippen molar-refractivity contribution in [2.24, 2.45) is 59.2 Å². The van der Waals surface area contributed by atoms with Crippen LogP contribution in [0.3, 0.4) is 0 Å². The smallest absolute Gasteiger partial charge is 0.306 e. The van der Waals surface area contributed by atoms with Gasteiger partial charge in [-0.15, -0.1) is 0 Å². The van der Waals surface area contributed by atoms with Gasteiger partial charge in [-0.05, 0) is 162 Å². The molecular weight excluding hydrogens is 572 g/mol.